The zero-order valence-corrected chi connectivity index (χ0v) is 10.8. The summed E-state index contributed by atoms with van der Waals surface area (Å²) in [5, 5.41) is 0. The van der Waals surface area contributed by atoms with E-state index in [9.17, 15) is 0 Å². The maximum Gasteiger partial charge on any atom is 0.0545 e. The van der Waals surface area contributed by atoms with Gasteiger partial charge in [-0.25, -0.2) is 0 Å². The van der Waals surface area contributed by atoms with Crippen molar-refractivity contribution < 1.29 is 0 Å². The maximum absolute atomic E-state index is 4.69. The van der Waals surface area contributed by atoms with E-state index in [-0.39, 0.29) is 0 Å². The molecular weight excluding hydrogens is 208 g/mol. The summed E-state index contributed by atoms with van der Waals surface area (Å²) in [6, 6.07) is 4.50. The van der Waals surface area contributed by atoms with Gasteiger partial charge in [-0.1, -0.05) is 0 Å². The van der Waals surface area contributed by atoms with Gasteiger partial charge in [-0.05, 0) is 51.0 Å². The molecular formula is C15H16N2. The van der Waals surface area contributed by atoms with E-state index in [1.54, 1.807) is 0 Å². The molecule has 0 N–H and O–H groups in total. The van der Waals surface area contributed by atoms with E-state index in [1.165, 1.54) is 33.6 Å². The third-order valence-electron chi connectivity index (χ3n) is 3.72. The Kier molecular flexibility index (Phi) is 2.09. The molecule has 0 saturated carbocycles. The SMILES string of the molecule is Cc1cc2c(nc1C)Cc1nc(C)c(C)cc1-2. The highest BCUT2D eigenvalue weighted by atomic mass is 14.8. The first kappa shape index (κ1) is 10.5. The van der Waals surface area contributed by atoms with Crippen molar-refractivity contribution in [3.8, 4) is 11.1 Å². The summed E-state index contributed by atoms with van der Waals surface area (Å²) < 4.78 is 0. The molecule has 2 heterocycles. The molecule has 0 aliphatic heterocycles. The van der Waals surface area contributed by atoms with E-state index < -0.39 is 0 Å². The number of aryl methyl sites for hydroxylation is 4. The third kappa shape index (κ3) is 1.47. The summed E-state index contributed by atoms with van der Waals surface area (Å²) >= 11 is 0. The molecule has 2 nitrogen and oxygen atoms in total. The van der Waals surface area contributed by atoms with Gasteiger partial charge in [0, 0.05) is 28.9 Å². The Morgan fingerprint density at radius 3 is 1.59 bits per heavy atom. The average molecular weight is 224 g/mol. The predicted molar refractivity (Wildman–Crippen MR) is 69.2 cm³/mol. The molecule has 0 amide bonds. The predicted octanol–water partition coefficient (Wildman–Crippen LogP) is 3.28. The number of pyridine rings is 2. The minimum Gasteiger partial charge on any atom is -0.257 e. The lowest BCUT2D eigenvalue weighted by Crippen LogP contribution is -1.94. The largest absolute Gasteiger partial charge is 0.257 e. The van der Waals surface area contributed by atoms with Crippen LogP contribution in [0.4, 0.5) is 0 Å². The van der Waals surface area contributed by atoms with Crippen LogP contribution in [0.2, 0.25) is 0 Å². The molecule has 0 fully saturated rings. The number of hydrogen-bond acceptors (Lipinski definition) is 2. The Bertz CT molecular complexity index is 572. The summed E-state index contributed by atoms with van der Waals surface area (Å²) in [7, 11) is 0. The molecule has 0 unspecified atom stereocenters. The second-order valence-electron chi connectivity index (χ2n) is 4.95. The fourth-order valence-corrected chi connectivity index (χ4v) is 2.40. The molecule has 2 aromatic heterocycles. The van der Waals surface area contributed by atoms with E-state index in [0.29, 0.717) is 0 Å². The minimum absolute atomic E-state index is 0.882. The van der Waals surface area contributed by atoms with Crippen molar-refractivity contribution in [2.75, 3.05) is 0 Å². The molecule has 86 valence electrons. The molecule has 0 aromatic carbocycles. The van der Waals surface area contributed by atoms with Gasteiger partial charge in [0.15, 0.2) is 0 Å². The van der Waals surface area contributed by atoms with Crippen LogP contribution in [0.15, 0.2) is 12.1 Å². The third-order valence-corrected chi connectivity index (χ3v) is 3.72. The van der Waals surface area contributed by atoms with Crippen LogP contribution in [0.25, 0.3) is 11.1 Å². The molecule has 2 heteroatoms. The summed E-state index contributed by atoms with van der Waals surface area (Å²) in [4.78, 5) is 9.37. The Hall–Kier alpha value is -1.70. The van der Waals surface area contributed by atoms with Gasteiger partial charge in [0.2, 0.25) is 0 Å². The summed E-state index contributed by atoms with van der Waals surface area (Å²) in [6.45, 7) is 8.38. The smallest absolute Gasteiger partial charge is 0.0545 e. The highest BCUT2D eigenvalue weighted by molar-refractivity contribution is 5.75. The summed E-state index contributed by atoms with van der Waals surface area (Å²) in [5.41, 5.74) is 9.69. The molecule has 1 aliphatic rings. The first-order valence-corrected chi connectivity index (χ1v) is 6.01. The van der Waals surface area contributed by atoms with Crippen molar-refractivity contribution in [3.05, 3.63) is 46.0 Å². The lowest BCUT2D eigenvalue weighted by Gasteiger charge is -2.06. The Labute approximate surface area is 102 Å². The van der Waals surface area contributed by atoms with Crippen LogP contribution in [-0.4, -0.2) is 9.97 Å². The normalized spacial score (nSPS) is 12.5. The van der Waals surface area contributed by atoms with Gasteiger partial charge in [0.05, 0.1) is 11.4 Å². The fourth-order valence-electron chi connectivity index (χ4n) is 2.40. The number of nitrogens with zero attached hydrogens (tertiary/aromatic N) is 2. The molecule has 17 heavy (non-hydrogen) atoms. The first-order valence-electron chi connectivity index (χ1n) is 6.01. The van der Waals surface area contributed by atoms with E-state index in [4.69, 9.17) is 0 Å². The van der Waals surface area contributed by atoms with Crippen molar-refractivity contribution in [2.24, 2.45) is 0 Å². The number of aromatic nitrogens is 2. The van der Waals surface area contributed by atoms with Gasteiger partial charge in [-0.15, -0.1) is 0 Å². The standard InChI is InChI=1S/C15H16N2/c1-8-5-12-13-6-9(2)11(4)17-15(13)7-14(12)16-10(8)3/h5-6H,7H2,1-4H3. The van der Waals surface area contributed by atoms with Crippen LogP contribution in [0.1, 0.15) is 33.9 Å². The van der Waals surface area contributed by atoms with E-state index in [0.717, 1.165) is 17.8 Å². The number of hydrogen-bond donors (Lipinski definition) is 0. The van der Waals surface area contributed by atoms with Crippen LogP contribution >= 0.6 is 0 Å². The molecule has 1 aliphatic carbocycles. The van der Waals surface area contributed by atoms with Crippen LogP contribution < -0.4 is 0 Å². The molecule has 0 radical (unpaired) electrons. The Balaban J connectivity index is 2.27. The molecule has 2 aromatic rings. The molecule has 0 atom stereocenters. The van der Waals surface area contributed by atoms with Gasteiger partial charge in [-0.3, -0.25) is 9.97 Å². The Morgan fingerprint density at radius 1 is 0.765 bits per heavy atom. The lowest BCUT2D eigenvalue weighted by molar-refractivity contribution is 1.00. The Morgan fingerprint density at radius 2 is 1.18 bits per heavy atom. The summed E-state index contributed by atoms with van der Waals surface area (Å²) in [6.07, 6.45) is 0.882. The molecule has 0 saturated heterocycles. The molecule has 0 spiro atoms. The van der Waals surface area contributed by atoms with Gasteiger partial charge >= 0.3 is 0 Å². The maximum atomic E-state index is 4.69. The van der Waals surface area contributed by atoms with E-state index in [1.807, 2.05) is 0 Å². The highest BCUT2D eigenvalue weighted by Gasteiger charge is 2.22. The average Bonchev–Trinajstić information content (AvgIpc) is 2.58. The van der Waals surface area contributed by atoms with Gasteiger partial charge < -0.3 is 0 Å². The topological polar surface area (TPSA) is 25.8 Å². The zero-order valence-electron chi connectivity index (χ0n) is 10.8. The van der Waals surface area contributed by atoms with Crippen LogP contribution in [0, 0.1) is 27.7 Å². The van der Waals surface area contributed by atoms with Crippen molar-refractivity contribution in [2.45, 2.75) is 34.1 Å². The first-order chi connectivity index (χ1) is 8.06. The quantitative estimate of drug-likeness (QED) is 0.585. The van der Waals surface area contributed by atoms with Crippen molar-refractivity contribution in [1.29, 1.82) is 0 Å². The molecule has 3 rings (SSSR count). The van der Waals surface area contributed by atoms with E-state index in [2.05, 4.69) is 49.8 Å². The van der Waals surface area contributed by atoms with Gasteiger partial charge in [0.25, 0.3) is 0 Å². The van der Waals surface area contributed by atoms with Crippen LogP contribution in [0.5, 0.6) is 0 Å². The van der Waals surface area contributed by atoms with E-state index >= 15 is 0 Å². The molecule has 0 bridgehead atoms. The monoisotopic (exact) mass is 224 g/mol. The van der Waals surface area contributed by atoms with Crippen molar-refractivity contribution in [3.63, 3.8) is 0 Å². The second kappa shape index (κ2) is 3.39. The van der Waals surface area contributed by atoms with Gasteiger partial charge in [0.1, 0.15) is 0 Å². The summed E-state index contributed by atoms with van der Waals surface area (Å²) in [5.74, 6) is 0. The number of rotatable bonds is 0. The highest BCUT2D eigenvalue weighted by Crippen LogP contribution is 2.36. The van der Waals surface area contributed by atoms with Crippen LogP contribution in [-0.2, 0) is 6.42 Å². The minimum atomic E-state index is 0.882. The zero-order chi connectivity index (χ0) is 12.2. The van der Waals surface area contributed by atoms with Crippen molar-refractivity contribution >= 4 is 0 Å². The lowest BCUT2D eigenvalue weighted by atomic mass is 10.0. The van der Waals surface area contributed by atoms with Gasteiger partial charge in [-0.2, -0.15) is 0 Å². The second-order valence-corrected chi connectivity index (χ2v) is 4.95. The number of fused-ring (bicyclic) bond motifs is 3. The van der Waals surface area contributed by atoms with Crippen molar-refractivity contribution in [1.82, 2.24) is 9.97 Å². The van der Waals surface area contributed by atoms with Crippen LogP contribution in [0.3, 0.4) is 0 Å². The fraction of sp³-hybridized carbons (Fsp3) is 0.333.